The largest absolute Gasteiger partial charge is 0.478 e. The molecule has 0 aliphatic rings. The molecule has 0 saturated carbocycles. The third-order valence-electron chi connectivity index (χ3n) is 5.38. The predicted molar refractivity (Wildman–Crippen MR) is 131 cm³/mol. The minimum Gasteiger partial charge on any atom is -0.478 e. The van der Waals surface area contributed by atoms with E-state index in [1.54, 1.807) is 6.20 Å². The first-order valence-corrected chi connectivity index (χ1v) is 11.5. The quantitative estimate of drug-likeness (QED) is 0.341. The SMILES string of the molecule is CCCc1c(C(=O)NCc2cccc3c(Br)c(OCC#N)ccc23)cnn1-c1ccccc1. The van der Waals surface area contributed by atoms with Crippen molar-refractivity contribution in [3.8, 4) is 17.5 Å². The first-order chi connectivity index (χ1) is 16.1. The molecule has 1 heterocycles. The van der Waals surface area contributed by atoms with Crippen molar-refractivity contribution < 1.29 is 9.53 Å². The van der Waals surface area contributed by atoms with E-state index in [4.69, 9.17) is 10.00 Å². The summed E-state index contributed by atoms with van der Waals surface area (Å²) in [5.41, 5.74) is 3.42. The fourth-order valence-electron chi connectivity index (χ4n) is 3.85. The number of amides is 1. The van der Waals surface area contributed by atoms with Crippen molar-refractivity contribution in [3.63, 3.8) is 0 Å². The lowest BCUT2D eigenvalue weighted by Crippen LogP contribution is -2.24. The van der Waals surface area contributed by atoms with Crippen molar-refractivity contribution in [2.24, 2.45) is 0 Å². The number of benzene rings is 3. The van der Waals surface area contributed by atoms with Gasteiger partial charge in [-0.1, -0.05) is 55.8 Å². The Bertz CT molecular complexity index is 1330. The van der Waals surface area contributed by atoms with Crippen LogP contribution in [0.15, 0.2) is 71.3 Å². The van der Waals surface area contributed by atoms with Gasteiger partial charge in [-0.05, 0) is 56.9 Å². The monoisotopic (exact) mass is 502 g/mol. The molecule has 166 valence electrons. The Kier molecular flexibility index (Phi) is 7.06. The van der Waals surface area contributed by atoms with Crippen molar-refractivity contribution in [2.75, 3.05) is 6.61 Å². The van der Waals surface area contributed by atoms with E-state index < -0.39 is 0 Å². The molecule has 4 aromatic rings. The van der Waals surface area contributed by atoms with Gasteiger partial charge in [0.2, 0.25) is 0 Å². The maximum atomic E-state index is 13.1. The molecule has 1 aromatic heterocycles. The molecule has 6 nitrogen and oxygen atoms in total. The number of fused-ring (bicyclic) bond motifs is 1. The van der Waals surface area contributed by atoms with E-state index in [0.717, 1.165) is 45.0 Å². The highest BCUT2D eigenvalue weighted by Gasteiger charge is 2.18. The Hall–Kier alpha value is -3.63. The number of para-hydroxylation sites is 1. The molecule has 3 aromatic carbocycles. The lowest BCUT2D eigenvalue weighted by atomic mass is 10.0. The van der Waals surface area contributed by atoms with Crippen molar-refractivity contribution in [2.45, 2.75) is 26.3 Å². The Balaban J connectivity index is 1.58. The van der Waals surface area contributed by atoms with E-state index in [-0.39, 0.29) is 12.5 Å². The maximum Gasteiger partial charge on any atom is 0.255 e. The summed E-state index contributed by atoms with van der Waals surface area (Å²) in [7, 11) is 0. The van der Waals surface area contributed by atoms with Gasteiger partial charge in [0.25, 0.3) is 5.91 Å². The van der Waals surface area contributed by atoms with Crippen LogP contribution in [0, 0.1) is 11.3 Å². The third kappa shape index (κ3) is 4.76. The van der Waals surface area contributed by atoms with E-state index >= 15 is 0 Å². The fraction of sp³-hybridized carbons (Fsp3) is 0.192. The van der Waals surface area contributed by atoms with Crippen LogP contribution < -0.4 is 10.1 Å². The molecule has 1 N–H and O–H groups in total. The Morgan fingerprint density at radius 1 is 1.12 bits per heavy atom. The number of hydrogen-bond acceptors (Lipinski definition) is 4. The van der Waals surface area contributed by atoms with E-state index in [9.17, 15) is 4.79 Å². The minimum absolute atomic E-state index is 0.0172. The summed E-state index contributed by atoms with van der Waals surface area (Å²) < 4.78 is 8.11. The summed E-state index contributed by atoms with van der Waals surface area (Å²) in [4.78, 5) is 13.1. The number of nitriles is 1. The number of aromatic nitrogens is 2. The summed E-state index contributed by atoms with van der Waals surface area (Å²) in [6.45, 7) is 2.45. The smallest absolute Gasteiger partial charge is 0.255 e. The van der Waals surface area contributed by atoms with E-state index in [2.05, 4.69) is 33.3 Å². The van der Waals surface area contributed by atoms with Gasteiger partial charge in [-0.15, -0.1) is 0 Å². The molecule has 33 heavy (non-hydrogen) atoms. The summed E-state index contributed by atoms with van der Waals surface area (Å²) in [6.07, 6.45) is 3.31. The van der Waals surface area contributed by atoms with Gasteiger partial charge in [0.15, 0.2) is 6.61 Å². The molecule has 0 bridgehead atoms. The molecular formula is C26H23BrN4O2. The van der Waals surface area contributed by atoms with Crippen LogP contribution in [0.25, 0.3) is 16.5 Å². The van der Waals surface area contributed by atoms with Crippen LogP contribution in [0.3, 0.4) is 0 Å². The number of halogens is 1. The van der Waals surface area contributed by atoms with E-state index in [1.807, 2.05) is 71.4 Å². The molecular weight excluding hydrogens is 480 g/mol. The molecule has 0 aliphatic carbocycles. The standard InChI is InChI=1S/C26H23BrN4O2/c1-2-7-23-22(17-30-31(23)19-9-4-3-5-10-19)26(32)29-16-18-8-6-11-21-20(18)12-13-24(25(21)27)33-15-14-28/h3-6,8-13,17H,2,7,15-16H2,1H3,(H,29,32). The highest BCUT2D eigenvalue weighted by Crippen LogP contribution is 2.34. The molecule has 7 heteroatoms. The lowest BCUT2D eigenvalue weighted by Gasteiger charge is -2.13. The number of hydrogen-bond donors (Lipinski definition) is 1. The lowest BCUT2D eigenvalue weighted by molar-refractivity contribution is 0.0950. The van der Waals surface area contributed by atoms with Gasteiger partial charge >= 0.3 is 0 Å². The maximum absolute atomic E-state index is 13.1. The summed E-state index contributed by atoms with van der Waals surface area (Å²) in [5, 5.41) is 18.3. The van der Waals surface area contributed by atoms with Crippen molar-refractivity contribution >= 4 is 32.6 Å². The molecule has 0 aliphatic heterocycles. The van der Waals surface area contributed by atoms with Gasteiger partial charge in [-0.3, -0.25) is 4.79 Å². The molecule has 4 rings (SSSR count). The second-order valence-corrected chi connectivity index (χ2v) is 8.31. The molecule has 0 fully saturated rings. The second kappa shape index (κ2) is 10.3. The van der Waals surface area contributed by atoms with Crippen LogP contribution in [0.1, 0.15) is 35.0 Å². The highest BCUT2D eigenvalue weighted by molar-refractivity contribution is 9.10. The van der Waals surface area contributed by atoms with E-state index in [0.29, 0.717) is 17.9 Å². The first-order valence-electron chi connectivity index (χ1n) is 10.7. The van der Waals surface area contributed by atoms with Gasteiger partial charge in [-0.25, -0.2) is 4.68 Å². The van der Waals surface area contributed by atoms with Gasteiger partial charge in [0.1, 0.15) is 11.8 Å². The Labute approximate surface area is 200 Å². The molecule has 0 spiro atoms. The molecule has 1 amide bonds. The van der Waals surface area contributed by atoms with Crippen molar-refractivity contribution in [1.82, 2.24) is 15.1 Å². The highest BCUT2D eigenvalue weighted by atomic mass is 79.9. The molecule has 0 atom stereocenters. The number of nitrogens with zero attached hydrogens (tertiary/aromatic N) is 3. The third-order valence-corrected chi connectivity index (χ3v) is 6.20. The van der Waals surface area contributed by atoms with Crippen LogP contribution >= 0.6 is 15.9 Å². The Morgan fingerprint density at radius 3 is 2.70 bits per heavy atom. The number of nitrogens with one attached hydrogen (secondary N) is 1. The van der Waals surface area contributed by atoms with Crippen LogP contribution in [0.4, 0.5) is 0 Å². The van der Waals surface area contributed by atoms with Gasteiger partial charge in [0.05, 0.1) is 27.6 Å². The topological polar surface area (TPSA) is 79.9 Å². The number of carbonyl (C=O) groups is 1. The van der Waals surface area contributed by atoms with Crippen LogP contribution in [0.5, 0.6) is 5.75 Å². The predicted octanol–water partition coefficient (Wildman–Crippen LogP) is 5.57. The normalized spacial score (nSPS) is 10.7. The average Bonchev–Trinajstić information content (AvgIpc) is 3.27. The number of carbonyl (C=O) groups excluding carboxylic acids is 1. The first kappa shape index (κ1) is 22.6. The molecule has 0 unspecified atom stereocenters. The fourth-order valence-corrected chi connectivity index (χ4v) is 4.44. The van der Waals surface area contributed by atoms with Crippen molar-refractivity contribution in [1.29, 1.82) is 5.26 Å². The average molecular weight is 503 g/mol. The summed E-state index contributed by atoms with van der Waals surface area (Å²) in [6, 6.07) is 21.5. The molecule has 0 saturated heterocycles. The Morgan fingerprint density at radius 2 is 1.94 bits per heavy atom. The van der Waals surface area contributed by atoms with Crippen LogP contribution in [-0.2, 0) is 13.0 Å². The van der Waals surface area contributed by atoms with Crippen LogP contribution in [-0.4, -0.2) is 22.3 Å². The zero-order valence-electron chi connectivity index (χ0n) is 18.2. The number of rotatable bonds is 8. The van der Waals surface area contributed by atoms with Gasteiger partial charge in [0, 0.05) is 6.54 Å². The molecule has 0 radical (unpaired) electrons. The van der Waals surface area contributed by atoms with Gasteiger partial charge < -0.3 is 10.1 Å². The zero-order chi connectivity index (χ0) is 23.2. The summed E-state index contributed by atoms with van der Waals surface area (Å²) >= 11 is 3.58. The van der Waals surface area contributed by atoms with Crippen molar-refractivity contribution in [3.05, 3.63) is 88.2 Å². The summed E-state index contributed by atoms with van der Waals surface area (Å²) in [5.74, 6) is 0.466. The zero-order valence-corrected chi connectivity index (χ0v) is 19.8. The second-order valence-electron chi connectivity index (χ2n) is 7.52. The van der Waals surface area contributed by atoms with Crippen LogP contribution in [0.2, 0.25) is 0 Å². The van der Waals surface area contributed by atoms with E-state index in [1.165, 1.54) is 0 Å². The van der Waals surface area contributed by atoms with Gasteiger partial charge in [-0.2, -0.15) is 10.4 Å². The number of ether oxygens (including phenoxy) is 1. The minimum atomic E-state index is -0.148.